The molecule has 0 aliphatic carbocycles. The van der Waals surface area contributed by atoms with E-state index in [0.717, 1.165) is 27.2 Å². The smallest absolute Gasteiger partial charge is 0.225 e. The molecule has 23 heavy (non-hydrogen) atoms. The lowest BCUT2D eigenvalue weighted by atomic mass is 10.2. The highest BCUT2D eigenvalue weighted by Gasteiger charge is 2.14. The zero-order valence-corrected chi connectivity index (χ0v) is 14.5. The lowest BCUT2D eigenvalue weighted by Crippen LogP contribution is -2.06. The van der Waals surface area contributed by atoms with Crippen LogP contribution >= 0.6 is 22.9 Å². The zero-order valence-electron chi connectivity index (χ0n) is 12.9. The third kappa shape index (κ3) is 3.28. The molecule has 0 bridgehead atoms. The Balaban J connectivity index is 2.03. The van der Waals surface area contributed by atoms with Crippen molar-refractivity contribution in [2.75, 3.05) is 10.6 Å². The van der Waals surface area contributed by atoms with Gasteiger partial charge in [-0.3, -0.25) is 4.79 Å². The number of carbonyl (C=O) groups excluding carboxylic acids is 1. The number of thiophene rings is 1. The summed E-state index contributed by atoms with van der Waals surface area (Å²) in [4.78, 5) is 21.8. The van der Waals surface area contributed by atoms with Gasteiger partial charge in [-0.25, -0.2) is 4.98 Å². The average Bonchev–Trinajstić information content (AvgIpc) is 2.73. The monoisotopic (exact) mass is 346 g/mol. The number of benzene rings is 1. The van der Waals surface area contributed by atoms with Crippen LogP contribution in [-0.2, 0) is 4.79 Å². The summed E-state index contributed by atoms with van der Waals surface area (Å²) in [6.07, 6.45) is 0. The lowest BCUT2D eigenvalue weighted by molar-refractivity contribution is -0.114. The standard InChI is InChI=1S/C16H15ClN4OS/c1-8-9(2)23-15-13(8)14(20-16(17)21-15)19-12-6-4-5-11(7-12)18-10(3)22/h4-7H,1-3H3,(H,18,22)(H,19,20,21). The maximum absolute atomic E-state index is 11.2. The number of amides is 1. The molecule has 2 aromatic heterocycles. The summed E-state index contributed by atoms with van der Waals surface area (Å²) in [5.41, 5.74) is 2.68. The van der Waals surface area contributed by atoms with E-state index in [9.17, 15) is 4.79 Å². The first kappa shape index (κ1) is 15.7. The fourth-order valence-electron chi connectivity index (χ4n) is 2.33. The van der Waals surface area contributed by atoms with Gasteiger partial charge in [0.15, 0.2) is 0 Å². The van der Waals surface area contributed by atoms with Crippen molar-refractivity contribution in [1.29, 1.82) is 0 Å². The minimum Gasteiger partial charge on any atom is -0.339 e. The van der Waals surface area contributed by atoms with E-state index in [2.05, 4.69) is 27.5 Å². The molecule has 0 fully saturated rings. The van der Waals surface area contributed by atoms with E-state index < -0.39 is 0 Å². The van der Waals surface area contributed by atoms with Crippen LogP contribution in [-0.4, -0.2) is 15.9 Å². The molecule has 118 valence electrons. The third-order valence-electron chi connectivity index (χ3n) is 3.45. The summed E-state index contributed by atoms with van der Waals surface area (Å²) in [6, 6.07) is 7.44. The molecule has 5 nitrogen and oxygen atoms in total. The van der Waals surface area contributed by atoms with Gasteiger partial charge >= 0.3 is 0 Å². The van der Waals surface area contributed by atoms with Crippen molar-refractivity contribution in [3.8, 4) is 0 Å². The van der Waals surface area contributed by atoms with Gasteiger partial charge in [-0.2, -0.15) is 4.98 Å². The van der Waals surface area contributed by atoms with Crippen LogP contribution in [0.15, 0.2) is 24.3 Å². The maximum Gasteiger partial charge on any atom is 0.225 e. The third-order valence-corrected chi connectivity index (χ3v) is 4.72. The van der Waals surface area contributed by atoms with E-state index >= 15 is 0 Å². The van der Waals surface area contributed by atoms with E-state index in [1.165, 1.54) is 11.8 Å². The van der Waals surface area contributed by atoms with Gasteiger partial charge in [-0.1, -0.05) is 6.07 Å². The van der Waals surface area contributed by atoms with Crippen molar-refractivity contribution in [2.45, 2.75) is 20.8 Å². The number of nitrogens with zero attached hydrogens (tertiary/aromatic N) is 2. The van der Waals surface area contributed by atoms with Crippen LogP contribution in [0.25, 0.3) is 10.2 Å². The fraction of sp³-hybridized carbons (Fsp3) is 0.188. The van der Waals surface area contributed by atoms with Crippen molar-refractivity contribution in [1.82, 2.24) is 9.97 Å². The molecule has 1 aromatic carbocycles. The molecule has 0 saturated carbocycles. The predicted octanol–water partition coefficient (Wildman–Crippen LogP) is 4.66. The molecular weight excluding hydrogens is 332 g/mol. The van der Waals surface area contributed by atoms with Gasteiger partial charge < -0.3 is 10.6 Å². The van der Waals surface area contributed by atoms with E-state index in [4.69, 9.17) is 11.6 Å². The molecule has 0 radical (unpaired) electrons. The van der Waals surface area contributed by atoms with Crippen LogP contribution in [0.3, 0.4) is 0 Å². The Labute approximate surface area is 142 Å². The Morgan fingerprint density at radius 1 is 1.22 bits per heavy atom. The quantitative estimate of drug-likeness (QED) is 0.676. The van der Waals surface area contributed by atoms with Gasteiger partial charge in [-0.05, 0) is 49.2 Å². The van der Waals surface area contributed by atoms with Gasteiger partial charge in [0, 0.05) is 23.2 Å². The highest BCUT2D eigenvalue weighted by Crippen LogP contribution is 2.35. The Hall–Kier alpha value is -2.18. The van der Waals surface area contributed by atoms with E-state index in [1.807, 2.05) is 31.2 Å². The number of rotatable bonds is 3. The van der Waals surface area contributed by atoms with Crippen molar-refractivity contribution in [3.63, 3.8) is 0 Å². The average molecular weight is 347 g/mol. The summed E-state index contributed by atoms with van der Waals surface area (Å²) < 4.78 is 0. The second kappa shape index (κ2) is 6.14. The number of hydrogen-bond acceptors (Lipinski definition) is 5. The molecule has 2 heterocycles. The SMILES string of the molecule is CC(=O)Nc1cccc(Nc2nc(Cl)nc3sc(C)c(C)c23)c1. The van der Waals surface area contributed by atoms with E-state index in [0.29, 0.717) is 5.82 Å². The molecule has 0 saturated heterocycles. The molecule has 3 aromatic rings. The normalized spacial score (nSPS) is 10.8. The first-order valence-electron chi connectivity index (χ1n) is 7.02. The number of fused-ring (bicyclic) bond motifs is 1. The molecule has 0 aliphatic rings. The molecular formula is C16H15ClN4OS. The second-order valence-electron chi connectivity index (χ2n) is 5.19. The second-order valence-corrected chi connectivity index (χ2v) is 6.73. The molecule has 7 heteroatoms. The Morgan fingerprint density at radius 3 is 2.70 bits per heavy atom. The number of halogens is 1. The number of anilines is 3. The minimum absolute atomic E-state index is 0.112. The van der Waals surface area contributed by atoms with E-state index in [-0.39, 0.29) is 11.2 Å². The summed E-state index contributed by atoms with van der Waals surface area (Å²) >= 11 is 7.64. The molecule has 0 aliphatic heterocycles. The van der Waals surface area contributed by atoms with Crippen LogP contribution in [0.5, 0.6) is 0 Å². The zero-order chi connectivity index (χ0) is 16.6. The van der Waals surface area contributed by atoms with Crippen molar-refractivity contribution in [3.05, 3.63) is 40.0 Å². The highest BCUT2D eigenvalue weighted by atomic mass is 35.5. The summed E-state index contributed by atoms with van der Waals surface area (Å²) in [7, 11) is 0. The Bertz CT molecular complexity index is 906. The van der Waals surface area contributed by atoms with E-state index in [1.54, 1.807) is 11.3 Å². The number of carbonyl (C=O) groups is 1. The number of nitrogens with one attached hydrogen (secondary N) is 2. The number of hydrogen-bond donors (Lipinski definition) is 2. The molecule has 1 amide bonds. The maximum atomic E-state index is 11.2. The van der Waals surface area contributed by atoms with Gasteiger partial charge in [0.05, 0.1) is 5.39 Å². The number of aryl methyl sites for hydroxylation is 2. The summed E-state index contributed by atoms with van der Waals surface area (Å²) in [6.45, 7) is 5.58. The first-order valence-corrected chi connectivity index (χ1v) is 8.21. The molecule has 0 spiro atoms. The topological polar surface area (TPSA) is 66.9 Å². The first-order chi connectivity index (χ1) is 10.9. The summed E-state index contributed by atoms with van der Waals surface area (Å²) in [5, 5.41) is 7.22. The number of aromatic nitrogens is 2. The Kier molecular flexibility index (Phi) is 4.19. The largest absolute Gasteiger partial charge is 0.339 e. The van der Waals surface area contributed by atoms with Crippen LogP contribution in [0, 0.1) is 13.8 Å². The van der Waals surface area contributed by atoms with Gasteiger partial charge in [0.2, 0.25) is 11.2 Å². The van der Waals surface area contributed by atoms with Crippen molar-refractivity contribution in [2.24, 2.45) is 0 Å². The summed E-state index contributed by atoms with van der Waals surface area (Å²) in [5.74, 6) is 0.556. The van der Waals surface area contributed by atoms with Crippen LogP contribution in [0.1, 0.15) is 17.4 Å². The molecule has 0 unspecified atom stereocenters. The van der Waals surface area contributed by atoms with Gasteiger partial charge in [0.1, 0.15) is 10.6 Å². The molecule has 2 N–H and O–H groups in total. The van der Waals surface area contributed by atoms with Crippen molar-refractivity contribution >= 4 is 56.3 Å². The fourth-order valence-corrected chi connectivity index (χ4v) is 3.58. The van der Waals surface area contributed by atoms with Gasteiger partial charge in [-0.15, -0.1) is 11.3 Å². The molecule has 0 atom stereocenters. The van der Waals surface area contributed by atoms with Crippen molar-refractivity contribution < 1.29 is 4.79 Å². The van der Waals surface area contributed by atoms with Gasteiger partial charge in [0.25, 0.3) is 0 Å². The van der Waals surface area contributed by atoms with Crippen LogP contribution < -0.4 is 10.6 Å². The highest BCUT2D eigenvalue weighted by molar-refractivity contribution is 7.18. The predicted molar refractivity (Wildman–Crippen MR) is 95.9 cm³/mol. The van der Waals surface area contributed by atoms with Crippen LogP contribution in [0.4, 0.5) is 17.2 Å². The molecule has 3 rings (SSSR count). The Morgan fingerprint density at radius 2 is 1.96 bits per heavy atom. The lowest BCUT2D eigenvalue weighted by Gasteiger charge is -2.10. The van der Waals surface area contributed by atoms with Crippen LogP contribution in [0.2, 0.25) is 5.28 Å². The minimum atomic E-state index is -0.112.